The van der Waals surface area contributed by atoms with Crippen molar-refractivity contribution in [3.8, 4) is 17.5 Å². The summed E-state index contributed by atoms with van der Waals surface area (Å²) in [6.07, 6.45) is 1.56. The van der Waals surface area contributed by atoms with Gasteiger partial charge < -0.3 is 24.0 Å². The van der Waals surface area contributed by atoms with Crippen LogP contribution in [0.4, 0.5) is 11.4 Å². The number of ether oxygens (including phenoxy) is 3. The van der Waals surface area contributed by atoms with Gasteiger partial charge in [0.15, 0.2) is 6.29 Å². The van der Waals surface area contributed by atoms with Gasteiger partial charge in [0, 0.05) is 42.5 Å². The number of aromatic nitrogens is 3. The van der Waals surface area contributed by atoms with E-state index in [9.17, 15) is 10.1 Å². The summed E-state index contributed by atoms with van der Waals surface area (Å²) in [6, 6.07) is 21.2. The molecule has 1 unspecified atom stereocenters. The van der Waals surface area contributed by atoms with Gasteiger partial charge in [-0.15, -0.1) is 0 Å². The van der Waals surface area contributed by atoms with E-state index in [2.05, 4.69) is 21.0 Å². The minimum absolute atomic E-state index is 0.0520. The second kappa shape index (κ2) is 13.5. The van der Waals surface area contributed by atoms with Crippen LogP contribution in [0.15, 0.2) is 71.8 Å². The number of nitriles is 1. The van der Waals surface area contributed by atoms with Crippen molar-refractivity contribution in [2.45, 2.75) is 38.7 Å². The van der Waals surface area contributed by atoms with Crippen LogP contribution in [0.25, 0.3) is 5.69 Å². The number of nitrogens with zero attached hydrogens (tertiary/aromatic N) is 6. The number of anilines is 2. The Bertz CT molecular complexity index is 1740. The van der Waals surface area contributed by atoms with Crippen LogP contribution in [0.3, 0.4) is 0 Å². The fourth-order valence-electron chi connectivity index (χ4n) is 5.55. The van der Waals surface area contributed by atoms with Crippen molar-refractivity contribution < 1.29 is 14.2 Å². The molecule has 4 aromatic rings. The second-order valence-corrected chi connectivity index (χ2v) is 12.0. The van der Waals surface area contributed by atoms with Gasteiger partial charge >= 0.3 is 5.69 Å². The highest BCUT2D eigenvalue weighted by molar-refractivity contribution is 6.35. The van der Waals surface area contributed by atoms with E-state index in [4.69, 9.17) is 37.4 Å². The molecule has 0 saturated carbocycles. The average molecular weight is 650 g/mol. The Morgan fingerprint density at radius 3 is 2.47 bits per heavy atom. The van der Waals surface area contributed by atoms with Gasteiger partial charge in [-0.1, -0.05) is 36.2 Å². The van der Waals surface area contributed by atoms with Gasteiger partial charge in [0.25, 0.3) is 0 Å². The molecule has 45 heavy (non-hydrogen) atoms. The molecule has 2 saturated heterocycles. The highest BCUT2D eigenvalue weighted by atomic mass is 35.5. The quantitative estimate of drug-likeness (QED) is 0.218. The van der Waals surface area contributed by atoms with Crippen LogP contribution in [0.5, 0.6) is 5.75 Å². The number of hydrogen-bond donors (Lipinski definition) is 0. The lowest BCUT2D eigenvalue weighted by Gasteiger charge is -2.37. The van der Waals surface area contributed by atoms with Gasteiger partial charge in [0.05, 0.1) is 34.6 Å². The topological polar surface area (TPSA) is 97.8 Å². The highest BCUT2D eigenvalue weighted by Crippen LogP contribution is 2.34. The smallest absolute Gasteiger partial charge is 0.350 e. The van der Waals surface area contributed by atoms with E-state index in [1.54, 1.807) is 35.2 Å². The molecular weight excluding hydrogens is 615 g/mol. The van der Waals surface area contributed by atoms with E-state index in [1.165, 1.54) is 4.68 Å². The Morgan fingerprint density at radius 2 is 1.76 bits per heavy atom. The summed E-state index contributed by atoms with van der Waals surface area (Å²) in [5.41, 5.74) is 3.90. The van der Waals surface area contributed by atoms with Crippen LogP contribution in [-0.2, 0) is 9.47 Å². The monoisotopic (exact) mass is 648 g/mol. The summed E-state index contributed by atoms with van der Waals surface area (Å²) in [7, 11) is 0. The Hall–Kier alpha value is -4.01. The average Bonchev–Trinajstić information content (AvgIpc) is 3.70. The van der Waals surface area contributed by atoms with E-state index >= 15 is 0 Å². The number of halogens is 2. The SMILES string of the molecule is CCC(C)n1ncn(-c2ccc(N3CCN(c4ccc(OC[C@@H]5CO[C@@H](c6ccc(Cl)cc6Cl)O5)cc4C#N)CC3)cc2)c1=O. The predicted octanol–water partition coefficient (Wildman–Crippen LogP) is 6.00. The minimum atomic E-state index is -0.582. The molecular formula is C33H34Cl2N6O4. The lowest BCUT2D eigenvalue weighted by Crippen LogP contribution is -2.46. The first-order valence-electron chi connectivity index (χ1n) is 15.0. The van der Waals surface area contributed by atoms with Crippen molar-refractivity contribution in [1.29, 1.82) is 5.26 Å². The molecule has 3 heterocycles. The number of benzene rings is 3. The largest absolute Gasteiger partial charge is 0.491 e. The molecule has 3 aromatic carbocycles. The van der Waals surface area contributed by atoms with Crippen molar-refractivity contribution in [2.75, 3.05) is 49.2 Å². The lowest BCUT2D eigenvalue weighted by atomic mass is 10.1. The molecule has 0 radical (unpaired) electrons. The highest BCUT2D eigenvalue weighted by Gasteiger charge is 2.29. The Labute approximate surface area is 271 Å². The van der Waals surface area contributed by atoms with Crippen LogP contribution in [0, 0.1) is 11.3 Å². The van der Waals surface area contributed by atoms with Crippen molar-refractivity contribution in [2.24, 2.45) is 0 Å². The predicted molar refractivity (Wildman–Crippen MR) is 174 cm³/mol. The molecule has 2 aliphatic heterocycles. The molecule has 0 aliphatic carbocycles. The summed E-state index contributed by atoms with van der Waals surface area (Å²) in [5, 5.41) is 15.3. The van der Waals surface area contributed by atoms with Gasteiger partial charge in [-0.2, -0.15) is 10.4 Å². The fourth-order valence-corrected chi connectivity index (χ4v) is 6.05. The first kappa shape index (κ1) is 31.0. The van der Waals surface area contributed by atoms with E-state index in [-0.39, 0.29) is 24.4 Å². The summed E-state index contributed by atoms with van der Waals surface area (Å²) in [6.45, 7) is 7.79. The van der Waals surface area contributed by atoms with Crippen molar-refractivity contribution in [1.82, 2.24) is 14.3 Å². The first-order valence-corrected chi connectivity index (χ1v) is 15.8. The third-order valence-electron chi connectivity index (χ3n) is 8.31. The molecule has 10 nitrogen and oxygen atoms in total. The van der Waals surface area contributed by atoms with Gasteiger partial charge in [-0.05, 0) is 67.9 Å². The Kier molecular flexibility index (Phi) is 9.33. The number of rotatable bonds is 9. The maximum absolute atomic E-state index is 12.8. The summed E-state index contributed by atoms with van der Waals surface area (Å²) >= 11 is 12.3. The van der Waals surface area contributed by atoms with Crippen molar-refractivity contribution in [3.05, 3.63) is 98.6 Å². The number of piperazine rings is 1. The Morgan fingerprint density at radius 1 is 1.02 bits per heavy atom. The second-order valence-electron chi connectivity index (χ2n) is 11.2. The van der Waals surface area contributed by atoms with Crippen LogP contribution < -0.4 is 20.2 Å². The van der Waals surface area contributed by atoms with Crippen LogP contribution in [0.2, 0.25) is 10.0 Å². The maximum atomic E-state index is 12.8. The van der Waals surface area contributed by atoms with Crippen LogP contribution in [0.1, 0.15) is 43.7 Å². The third-order valence-corrected chi connectivity index (χ3v) is 8.87. The summed E-state index contributed by atoms with van der Waals surface area (Å²) < 4.78 is 20.9. The van der Waals surface area contributed by atoms with Gasteiger partial charge in [0.1, 0.15) is 30.9 Å². The third kappa shape index (κ3) is 6.67. The fraction of sp³-hybridized carbons (Fsp3) is 0.364. The normalized spacial score (nSPS) is 19.0. The van der Waals surface area contributed by atoms with E-state index in [0.717, 1.165) is 55.2 Å². The molecule has 6 rings (SSSR count). The number of hydrogen-bond acceptors (Lipinski definition) is 8. The van der Waals surface area contributed by atoms with E-state index in [1.807, 2.05) is 50.2 Å². The van der Waals surface area contributed by atoms with E-state index < -0.39 is 6.29 Å². The zero-order valence-electron chi connectivity index (χ0n) is 25.1. The molecule has 0 N–H and O–H groups in total. The summed E-state index contributed by atoms with van der Waals surface area (Å²) in [5.74, 6) is 0.597. The van der Waals surface area contributed by atoms with Crippen molar-refractivity contribution in [3.63, 3.8) is 0 Å². The van der Waals surface area contributed by atoms with Crippen LogP contribution >= 0.6 is 23.2 Å². The molecule has 234 valence electrons. The molecule has 0 bridgehead atoms. The van der Waals surface area contributed by atoms with Gasteiger partial charge in [0.2, 0.25) is 0 Å². The van der Waals surface area contributed by atoms with Gasteiger partial charge in [-0.25, -0.2) is 14.0 Å². The first-order chi connectivity index (χ1) is 21.8. The van der Waals surface area contributed by atoms with Crippen LogP contribution in [-0.4, -0.2) is 59.8 Å². The zero-order valence-corrected chi connectivity index (χ0v) is 26.6. The molecule has 1 aromatic heterocycles. The standard InChI is InChI=1S/C33H34Cl2N6O4/c1-3-22(2)41-33(42)40(21-37-41)26-7-5-25(6-8-26)38-12-14-39(15-13-38)31-11-9-27(16-23(31)18-36)43-19-28-20-44-32(45-28)29-10-4-24(34)17-30(29)35/h4-11,16-17,21-22,28,32H,3,12-15,19-20H2,1-2H3/t22?,28-,32-/m1/s1. The molecule has 3 atom stereocenters. The zero-order chi connectivity index (χ0) is 31.5. The molecule has 2 fully saturated rings. The lowest BCUT2D eigenvalue weighted by molar-refractivity contribution is -0.0658. The molecule has 12 heteroatoms. The van der Waals surface area contributed by atoms with Crippen molar-refractivity contribution >= 4 is 34.6 Å². The summed E-state index contributed by atoms with van der Waals surface area (Å²) in [4.78, 5) is 17.3. The van der Waals surface area contributed by atoms with Gasteiger partial charge in [-0.3, -0.25) is 0 Å². The maximum Gasteiger partial charge on any atom is 0.350 e. The minimum Gasteiger partial charge on any atom is -0.491 e. The van der Waals surface area contributed by atoms with E-state index in [0.29, 0.717) is 28.0 Å². The molecule has 0 spiro atoms. The molecule has 2 aliphatic rings. The Balaban J connectivity index is 1.03. The molecule has 0 amide bonds.